The molecule has 0 unspecified atom stereocenters. The van der Waals surface area contributed by atoms with Gasteiger partial charge in [0.05, 0.1) is 17.7 Å². The van der Waals surface area contributed by atoms with Crippen molar-refractivity contribution in [1.29, 1.82) is 0 Å². The van der Waals surface area contributed by atoms with E-state index in [1.807, 2.05) is 62.4 Å². The Kier molecular flexibility index (Phi) is 8.47. The molecular weight excluding hydrogens is 490 g/mol. The van der Waals surface area contributed by atoms with E-state index in [-0.39, 0.29) is 18.9 Å². The van der Waals surface area contributed by atoms with Gasteiger partial charge in [-0.2, -0.15) is 0 Å². The summed E-state index contributed by atoms with van der Waals surface area (Å²) in [6.45, 7) is 6.40. The number of hydrogen-bond acceptors (Lipinski definition) is 5. The van der Waals surface area contributed by atoms with Crippen LogP contribution in [0, 0.1) is 13.8 Å². The first-order chi connectivity index (χ1) is 15.4. The molecule has 168 valence electrons. The van der Waals surface area contributed by atoms with Crippen molar-refractivity contribution in [2.24, 2.45) is 0 Å². The number of benzene rings is 2. The Balaban J connectivity index is 1.68. The summed E-state index contributed by atoms with van der Waals surface area (Å²) in [6.07, 6.45) is 0.833. The first-order valence-corrected chi connectivity index (χ1v) is 12.1. The lowest BCUT2D eigenvalue weighted by Crippen LogP contribution is -2.15. The summed E-state index contributed by atoms with van der Waals surface area (Å²) in [5.74, 6) is 0.156. The van der Waals surface area contributed by atoms with Gasteiger partial charge >= 0.3 is 5.97 Å². The number of thiophene rings is 1. The zero-order valence-corrected chi connectivity index (χ0v) is 20.8. The lowest BCUT2D eigenvalue weighted by molar-refractivity contribution is -0.116. The zero-order chi connectivity index (χ0) is 23.1. The number of rotatable bonds is 9. The van der Waals surface area contributed by atoms with Crippen LogP contribution in [-0.2, 0) is 9.53 Å². The highest BCUT2D eigenvalue weighted by Crippen LogP contribution is 2.40. The molecule has 0 saturated heterocycles. The molecule has 1 aromatic heterocycles. The smallest absolute Gasteiger partial charge is 0.341 e. The second kappa shape index (κ2) is 11.3. The van der Waals surface area contributed by atoms with Crippen molar-refractivity contribution in [1.82, 2.24) is 0 Å². The van der Waals surface area contributed by atoms with Gasteiger partial charge in [0, 0.05) is 16.9 Å². The second-order valence-corrected chi connectivity index (χ2v) is 9.34. The number of anilines is 1. The molecule has 1 N–H and O–H groups in total. The Morgan fingerprint density at radius 2 is 1.84 bits per heavy atom. The minimum Gasteiger partial charge on any atom is -0.492 e. The van der Waals surface area contributed by atoms with E-state index in [0.717, 1.165) is 31.8 Å². The summed E-state index contributed by atoms with van der Waals surface area (Å²) in [7, 11) is 0. The van der Waals surface area contributed by atoms with E-state index in [2.05, 4.69) is 21.2 Å². The van der Waals surface area contributed by atoms with Gasteiger partial charge in [0.2, 0.25) is 5.91 Å². The molecule has 0 bridgehead atoms. The average molecular weight is 516 g/mol. The molecule has 32 heavy (non-hydrogen) atoms. The molecule has 3 rings (SSSR count). The van der Waals surface area contributed by atoms with E-state index in [0.29, 0.717) is 23.6 Å². The lowest BCUT2D eigenvalue weighted by atomic mass is 10.0. The summed E-state index contributed by atoms with van der Waals surface area (Å²) in [6, 6.07) is 15.5. The van der Waals surface area contributed by atoms with E-state index in [1.165, 1.54) is 11.3 Å². The van der Waals surface area contributed by atoms with Crippen molar-refractivity contribution in [3.63, 3.8) is 0 Å². The molecule has 3 aromatic rings. The van der Waals surface area contributed by atoms with Crippen LogP contribution in [0.25, 0.3) is 11.1 Å². The van der Waals surface area contributed by atoms with Crippen LogP contribution >= 0.6 is 27.3 Å². The fraction of sp³-hybridized carbons (Fsp3) is 0.280. The van der Waals surface area contributed by atoms with Crippen LogP contribution in [0.1, 0.15) is 40.6 Å². The molecule has 2 aromatic carbocycles. The van der Waals surface area contributed by atoms with Crippen LogP contribution in [0.5, 0.6) is 5.75 Å². The maximum atomic E-state index is 12.7. The van der Waals surface area contributed by atoms with Gasteiger partial charge in [-0.3, -0.25) is 4.79 Å². The molecule has 7 heteroatoms. The normalized spacial score (nSPS) is 10.6. The van der Waals surface area contributed by atoms with Crippen LogP contribution < -0.4 is 10.1 Å². The number of hydrogen-bond donors (Lipinski definition) is 1. The summed E-state index contributed by atoms with van der Waals surface area (Å²) in [5, 5.41) is 3.43. The van der Waals surface area contributed by atoms with E-state index in [1.54, 1.807) is 6.92 Å². The Labute approximate surface area is 200 Å². The third kappa shape index (κ3) is 5.99. The van der Waals surface area contributed by atoms with Crippen molar-refractivity contribution < 1.29 is 19.1 Å². The average Bonchev–Trinajstić information content (AvgIpc) is 3.08. The third-order valence-corrected chi connectivity index (χ3v) is 6.41. The minimum absolute atomic E-state index is 0.164. The highest BCUT2D eigenvalue weighted by Gasteiger charge is 2.25. The Morgan fingerprint density at radius 1 is 1.09 bits per heavy atom. The van der Waals surface area contributed by atoms with E-state index in [4.69, 9.17) is 9.47 Å². The Bertz CT molecular complexity index is 1090. The van der Waals surface area contributed by atoms with Gasteiger partial charge in [-0.15, -0.1) is 11.3 Å². The quantitative estimate of drug-likeness (QED) is 0.252. The number of carbonyl (C=O) groups excluding carboxylic acids is 2. The van der Waals surface area contributed by atoms with Gasteiger partial charge in [-0.25, -0.2) is 4.79 Å². The monoisotopic (exact) mass is 515 g/mol. The van der Waals surface area contributed by atoms with Gasteiger partial charge in [-0.05, 0) is 66.4 Å². The lowest BCUT2D eigenvalue weighted by Gasteiger charge is -2.10. The first-order valence-electron chi connectivity index (χ1n) is 10.5. The van der Waals surface area contributed by atoms with Gasteiger partial charge in [0.25, 0.3) is 0 Å². The summed E-state index contributed by atoms with van der Waals surface area (Å²) < 4.78 is 11.9. The van der Waals surface area contributed by atoms with Gasteiger partial charge in [0.15, 0.2) is 0 Å². The molecular formula is C25H26BrNO4S. The number of esters is 1. The molecule has 0 saturated carbocycles. The van der Waals surface area contributed by atoms with Crippen molar-refractivity contribution >= 4 is 44.1 Å². The van der Waals surface area contributed by atoms with E-state index >= 15 is 0 Å². The molecule has 5 nitrogen and oxygen atoms in total. The maximum absolute atomic E-state index is 12.7. The van der Waals surface area contributed by atoms with Crippen molar-refractivity contribution in [3.05, 3.63) is 69.0 Å². The number of halogens is 1. The SMILES string of the molecule is CCOC(=O)c1c(NC(=O)CCCOc2ccc(C)cc2Br)sc(C)c1-c1ccccc1. The number of ether oxygens (including phenoxy) is 2. The highest BCUT2D eigenvalue weighted by molar-refractivity contribution is 9.10. The number of nitrogens with one attached hydrogen (secondary N) is 1. The molecule has 0 atom stereocenters. The largest absolute Gasteiger partial charge is 0.492 e. The van der Waals surface area contributed by atoms with Crippen LogP contribution in [0.2, 0.25) is 0 Å². The topological polar surface area (TPSA) is 64.6 Å². The number of aryl methyl sites for hydroxylation is 2. The predicted molar refractivity (Wildman–Crippen MR) is 133 cm³/mol. The Hall–Kier alpha value is -2.64. The van der Waals surface area contributed by atoms with Gasteiger partial charge in [0.1, 0.15) is 16.3 Å². The highest BCUT2D eigenvalue weighted by atomic mass is 79.9. The second-order valence-electron chi connectivity index (χ2n) is 7.26. The third-order valence-electron chi connectivity index (χ3n) is 4.77. The number of amides is 1. The summed E-state index contributed by atoms with van der Waals surface area (Å²) in [5.41, 5.74) is 3.27. The number of carbonyl (C=O) groups is 2. The molecule has 0 aliphatic heterocycles. The fourth-order valence-electron chi connectivity index (χ4n) is 3.31. The molecule has 0 radical (unpaired) electrons. The zero-order valence-electron chi connectivity index (χ0n) is 18.4. The summed E-state index contributed by atoms with van der Waals surface area (Å²) >= 11 is 4.88. The van der Waals surface area contributed by atoms with Crippen molar-refractivity contribution in [2.75, 3.05) is 18.5 Å². The van der Waals surface area contributed by atoms with E-state index in [9.17, 15) is 9.59 Å². The van der Waals surface area contributed by atoms with Crippen LogP contribution in [-0.4, -0.2) is 25.1 Å². The van der Waals surface area contributed by atoms with Crippen LogP contribution in [0.3, 0.4) is 0 Å². The first kappa shape index (κ1) is 24.0. The predicted octanol–water partition coefficient (Wildman–Crippen LogP) is 6.77. The Morgan fingerprint density at radius 3 is 2.53 bits per heavy atom. The van der Waals surface area contributed by atoms with E-state index < -0.39 is 5.97 Å². The molecule has 1 amide bonds. The minimum atomic E-state index is -0.432. The van der Waals surface area contributed by atoms with Gasteiger partial charge < -0.3 is 14.8 Å². The van der Waals surface area contributed by atoms with Crippen LogP contribution in [0.15, 0.2) is 53.0 Å². The van der Waals surface area contributed by atoms with Crippen LogP contribution in [0.4, 0.5) is 5.00 Å². The molecule has 0 fully saturated rings. The molecule has 1 heterocycles. The van der Waals surface area contributed by atoms with Crippen molar-refractivity contribution in [3.8, 4) is 16.9 Å². The van der Waals surface area contributed by atoms with Gasteiger partial charge in [-0.1, -0.05) is 36.4 Å². The fourth-order valence-corrected chi connectivity index (χ4v) is 5.00. The maximum Gasteiger partial charge on any atom is 0.341 e. The standard InChI is InChI=1S/C25H26BrNO4S/c1-4-30-25(29)23-22(18-9-6-5-7-10-18)17(3)32-24(23)27-21(28)11-8-14-31-20-13-12-16(2)15-19(20)26/h5-7,9-10,12-13,15H,4,8,11,14H2,1-3H3,(H,27,28). The van der Waals surface area contributed by atoms with Crippen molar-refractivity contribution in [2.45, 2.75) is 33.6 Å². The molecule has 0 aliphatic carbocycles. The summed E-state index contributed by atoms with van der Waals surface area (Å²) in [4.78, 5) is 26.3. The molecule has 0 spiro atoms. The molecule has 0 aliphatic rings.